The van der Waals surface area contributed by atoms with E-state index in [9.17, 15) is 9.59 Å². The third kappa shape index (κ3) is 5.36. The number of carbonyl (C=O) groups is 2. The summed E-state index contributed by atoms with van der Waals surface area (Å²) in [4.78, 5) is 21.8. The Morgan fingerprint density at radius 3 is 2.68 bits per heavy atom. The van der Waals surface area contributed by atoms with E-state index in [2.05, 4.69) is 10.6 Å². The molecule has 5 nitrogen and oxygen atoms in total. The van der Waals surface area contributed by atoms with Gasteiger partial charge in [-0.15, -0.1) is 0 Å². The number of hydrogen-bond acceptors (Lipinski definition) is 2. The molecule has 0 saturated carbocycles. The lowest BCUT2D eigenvalue weighted by Gasteiger charge is -2.16. The van der Waals surface area contributed by atoms with Crippen LogP contribution in [0.25, 0.3) is 0 Å². The molecular weight excluding hydrogens is 291 g/mol. The fraction of sp³-hybridized carbons (Fsp3) is 0.333. The predicted molar refractivity (Wildman–Crippen MR) is 73.7 cm³/mol. The zero-order chi connectivity index (χ0) is 14.4. The first kappa shape index (κ1) is 15.6. The van der Waals surface area contributed by atoms with Gasteiger partial charge in [-0.2, -0.15) is 0 Å². The molecule has 7 heteroatoms. The number of amides is 2. The van der Waals surface area contributed by atoms with E-state index in [1.54, 1.807) is 25.1 Å². The minimum absolute atomic E-state index is 0.0666. The highest BCUT2D eigenvalue weighted by atomic mass is 35.5. The lowest BCUT2D eigenvalue weighted by Crippen LogP contribution is -2.38. The van der Waals surface area contributed by atoms with E-state index >= 15 is 0 Å². The Hall–Kier alpha value is -1.46. The number of benzene rings is 1. The maximum Gasteiger partial charge on any atom is 0.315 e. The molecule has 2 amide bonds. The van der Waals surface area contributed by atoms with Gasteiger partial charge in [0, 0.05) is 16.6 Å². The zero-order valence-corrected chi connectivity index (χ0v) is 11.8. The third-order valence-electron chi connectivity index (χ3n) is 2.40. The fourth-order valence-corrected chi connectivity index (χ4v) is 1.92. The molecule has 0 aliphatic heterocycles. The number of urea groups is 1. The first-order valence-corrected chi connectivity index (χ1v) is 6.37. The monoisotopic (exact) mass is 304 g/mol. The van der Waals surface area contributed by atoms with Crippen LogP contribution in [0.2, 0.25) is 10.0 Å². The van der Waals surface area contributed by atoms with Crippen molar-refractivity contribution in [2.45, 2.75) is 19.4 Å². The standard InChI is InChI=1S/C12H14Cl2N2O3/c1-7(9-6-8(13)2-3-10(9)14)16-12(19)15-5-4-11(17)18/h2-3,6-7H,4-5H2,1H3,(H,17,18)(H2,15,16,19). The highest BCUT2D eigenvalue weighted by Crippen LogP contribution is 2.25. The van der Waals surface area contributed by atoms with Crippen molar-refractivity contribution in [2.75, 3.05) is 6.54 Å². The number of hydrogen-bond donors (Lipinski definition) is 3. The number of rotatable bonds is 5. The molecule has 1 rings (SSSR count). The molecule has 0 bridgehead atoms. The summed E-state index contributed by atoms with van der Waals surface area (Å²) in [6, 6.07) is 4.19. The maximum atomic E-state index is 11.5. The molecule has 1 unspecified atom stereocenters. The van der Waals surface area contributed by atoms with Crippen LogP contribution < -0.4 is 10.6 Å². The molecule has 0 aliphatic rings. The van der Waals surface area contributed by atoms with Gasteiger partial charge in [0.2, 0.25) is 0 Å². The Bertz CT molecular complexity index is 480. The van der Waals surface area contributed by atoms with E-state index in [1.807, 2.05) is 0 Å². The highest BCUT2D eigenvalue weighted by Gasteiger charge is 2.13. The Labute approximate surface area is 120 Å². The Kier molecular flexibility index (Phi) is 5.92. The van der Waals surface area contributed by atoms with E-state index < -0.39 is 12.0 Å². The number of carboxylic acid groups (broad SMARTS) is 1. The average molecular weight is 305 g/mol. The van der Waals surface area contributed by atoms with Gasteiger partial charge >= 0.3 is 12.0 Å². The Morgan fingerprint density at radius 2 is 2.05 bits per heavy atom. The largest absolute Gasteiger partial charge is 0.481 e. The van der Waals surface area contributed by atoms with Gasteiger partial charge in [-0.1, -0.05) is 23.2 Å². The predicted octanol–water partition coefficient (Wildman–Crippen LogP) is 2.83. The molecule has 0 spiro atoms. The molecule has 0 aromatic heterocycles. The molecular formula is C12H14Cl2N2O3. The molecule has 0 fully saturated rings. The van der Waals surface area contributed by atoms with Crippen LogP contribution >= 0.6 is 23.2 Å². The normalized spacial score (nSPS) is 11.7. The number of aliphatic carboxylic acids is 1. The van der Waals surface area contributed by atoms with E-state index in [0.29, 0.717) is 15.6 Å². The molecule has 1 aromatic carbocycles. The van der Waals surface area contributed by atoms with Crippen LogP contribution in [-0.4, -0.2) is 23.7 Å². The third-order valence-corrected chi connectivity index (χ3v) is 2.98. The topological polar surface area (TPSA) is 78.4 Å². The van der Waals surface area contributed by atoms with Crippen molar-refractivity contribution in [3.05, 3.63) is 33.8 Å². The summed E-state index contributed by atoms with van der Waals surface area (Å²) < 4.78 is 0. The summed E-state index contributed by atoms with van der Waals surface area (Å²) >= 11 is 11.9. The van der Waals surface area contributed by atoms with Gasteiger partial charge in [0.15, 0.2) is 0 Å². The van der Waals surface area contributed by atoms with Gasteiger partial charge in [0.05, 0.1) is 12.5 Å². The first-order valence-electron chi connectivity index (χ1n) is 5.61. The lowest BCUT2D eigenvalue weighted by atomic mass is 10.1. The van der Waals surface area contributed by atoms with Crippen LogP contribution in [0.15, 0.2) is 18.2 Å². The number of nitrogens with one attached hydrogen (secondary N) is 2. The number of halogens is 2. The van der Waals surface area contributed by atoms with Crippen LogP contribution in [0.1, 0.15) is 24.9 Å². The lowest BCUT2D eigenvalue weighted by molar-refractivity contribution is -0.136. The summed E-state index contributed by atoms with van der Waals surface area (Å²) in [6.07, 6.45) is -0.125. The van der Waals surface area contributed by atoms with Gasteiger partial charge in [0.1, 0.15) is 0 Å². The summed E-state index contributed by atoms with van der Waals surface area (Å²) in [7, 11) is 0. The number of carbonyl (C=O) groups excluding carboxylic acids is 1. The number of carboxylic acids is 1. The molecule has 0 radical (unpaired) electrons. The van der Waals surface area contributed by atoms with E-state index in [-0.39, 0.29) is 19.0 Å². The van der Waals surface area contributed by atoms with Gasteiger partial charge in [-0.25, -0.2) is 4.79 Å². The average Bonchev–Trinajstić information content (AvgIpc) is 2.31. The van der Waals surface area contributed by atoms with Gasteiger partial charge in [0.25, 0.3) is 0 Å². The van der Waals surface area contributed by atoms with Crippen molar-refractivity contribution in [3.8, 4) is 0 Å². The minimum atomic E-state index is -0.966. The van der Waals surface area contributed by atoms with Crippen LogP contribution in [0, 0.1) is 0 Å². The van der Waals surface area contributed by atoms with Crippen LogP contribution in [0.3, 0.4) is 0 Å². The summed E-state index contributed by atoms with van der Waals surface area (Å²) in [5, 5.41) is 14.6. The molecule has 19 heavy (non-hydrogen) atoms. The minimum Gasteiger partial charge on any atom is -0.481 e. The molecule has 3 N–H and O–H groups in total. The Balaban J connectivity index is 2.54. The second kappa shape index (κ2) is 7.21. The Morgan fingerprint density at radius 1 is 1.37 bits per heavy atom. The second-order valence-corrected chi connectivity index (χ2v) is 4.78. The highest BCUT2D eigenvalue weighted by molar-refractivity contribution is 6.33. The molecule has 0 aliphatic carbocycles. The van der Waals surface area contributed by atoms with Crippen molar-refractivity contribution in [1.29, 1.82) is 0 Å². The van der Waals surface area contributed by atoms with Crippen LogP contribution in [0.5, 0.6) is 0 Å². The van der Waals surface area contributed by atoms with Crippen molar-refractivity contribution >= 4 is 35.2 Å². The van der Waals surface area contributed by atoms with Crippen LogP contribution in [-0.2, 0) is 4.79 Å². The molecule has 1 atom stereocenters. The van der Waals surface area contributed by atoms with Crippen molar-refractivity contribution in [1.82, 2.24) is 10.6 Å². The summed E-state index contributed by atoms with van der Waals surface area (Å²) in [6.45, 7) is 1.82. The SMILES string of the molecule is CC(NC(=O)NCCC(=O)O)c1cc(Cl)ccc1Cl. The van der Waals surface area contributed by atoms with Gasteiger partial charge in [-0.05, 0) is 30.7 Å². The molecule has 104 valence electrons. The van der Waals surface area contributed by atoms with E-state index in [1.165, 1.54) is 0 Å². The van der Waals surface area contributed by atoms with E-state index in [0.717, 1.165) is 0 Å². The fourth-order valence-electron chi connectivity index (χ4n) is 1.45. The first-order chi connectivity index (χ1) is 8.90. The van der Waals surface area contributed by atoms with Crippen molar-refractivity contribution < 1.29 is 14.7 Å². The molecule has 1 aromatic rings. The second-order valence-electron chi connectivity index (χ2n) is 3.93. The van der Waals surface area contributed by atoms with Crippen molar-refractivity contribution in [3.63, 3.8) is 0 Å². The van der Waals surface area contributed by atoms with E-state index in [4.69, 9.17) is 28.3 Å². The maximum absolute atomic E-state index is 11.5. The van der Waals surface area contributed by atoms with Gasteiger partial charge < -0.3 is 15.7 Å². The molecule has 0 heterocycles. The summed E-state index contributed by atoms with van der Waals surface area (Å²) in [5.41, 5.74) is 0.697. The van der Waals surface area contributed by atoms with Crippen LogP contribution in [0.4, 0.5) is 4.79 Å². The van der Waals surface area contributed by atoms with Crippen molar-refractivity contribution in [2.24, 2.45) is 0 Å². The van der Waals surface area contributed by atoms with Gasteiger partial charge in [-0.3, -0.25) is 4.79 Å². The molecule has 0 saturated heterocycles. The smallest absolute Gasteiger partial charge is 0.315 e. The zero-order valence-electron chi connectivity index (χ0n) is 10.2. The summed E-state index contributed by atoms with van der Waals surface area (Å²) in [5.74, 6) is -0.966. The quantitative estimate of drug-likeness (QED) is 0.782.